The standard InChI is InChI=1S/C24H22N2O4/c1-15-12-16(10-11-25-15)22(13-23(27)28)26-24(29)30-14-21-19-8-4-2-6-17(19)18-7-3-5-9-20(18)21/h2-12,21-22H,13-14H2,1H3,(H,26,29)(H,27,28)/t22-/m1/s1. The summed E-state index contributed by atoms with van der Waals surface area (Å²) in [6.45, 7) is 1.99. The third-order valence-corrected chi connectivity index (χ3v) is 5.34. The Hall–Kier alpha value is -3.67. The van der Waals surface area contributed by atoms with Gasteiger partial charge in [0.1, 0.15) is 6.61 Å². The van der Waals surface area contributed by atoms with Gasteiger partial charge in [0, 0.05) is 17.8 Å². The highest BCUT2D eigenvalue weighted by atomic mass is 16.5. The van der Waals surface area contributed by atoms with Crippen LogP contribution in [0.2, 0.25) is 0 Å². The molecule has 0 saturated carbocycles. The van der Waals surface area contributed by atoms with Gasteiger partial charge in [-0.1, -0.05) is 48.5 Å². The Bertz CT molecular complexity index is 1050. The number of carboxylic acid groups (broad SMARTS) is 1. The van der Waals surface area contributed by atoms with Gasteiger partial charge in [-0.05, 0) is 46.9 Å². The molecule has 3 aromatic rings. The number of carbonyl (C=O) groups excluding carboxylic acids is 1. The van der Waals surface area contributed by atoms with E-state index < -0.39 is 18.1 Å². The van der Waals surface area contributed by atoms with Gasteiger partial charge in [-0.15, -0.1) is 0 Å². The molecule has 0 saturated heterocycles. The normalized spacial score (nSPS) is 13.2. The smallest absolute Gasteiger partial charge is 0.407 e. The van der Waals surface area contributed by atoms with Crippen molar-refractivity contribution in [1.29, 1.82) is 0 Å². The SMILES string of the molecule is Cc1cc([C@@H](CC(=O)O)NC(=O)OCC2c3ccccc3-c3ccccc32)ccn1. The fraction of sp³-hybridized carbons (Fsp3) is 0.208. The lowest BCUT2D eigenvalue weighted by molar-refractivity contribution is -0.137. The van der Waals surface area contributed by atoms with Gasteiger partial charge in [0.05, 0.1) is 12.5 Å². The molecule has 6 heteroatoms. The minimum atomic E-state index is -1.01. The maximum Gasteiger partial charge on any atom is 0.407 e. The van der Waals surface area contributed by atoms with Crippen molar-refractivity contribution < 1.29 is 19.4 Å². The third-order valence-electron chi connectivity index (χ3n) is 5.34. The van der Waals surface area contributed by atoms with Gasteiger partial charge in [0.2, 0.25) is 0 Å². The molecule has 2 aromatic carbocycles. The molecule has 0 bridgehead atoms. The molecular formula is C24H22N2O4. The van der Waals surface area contributed by atoms with Gasteiger partial charge in [0.15, 0.2) is 0 Å². The fourth-order valence-electron chi connectivity index (χ4n) is 3.99. The summed E-state index contributed by atoms with van der Waals surface area (Å²) in [5.41, 5.74) is 5.98. The molecule has 2 N–H and O–H groups in total. The number of fused-ring (bicyclic) bond motifs is 3. The Morgan fingerprint density at radius 3 is 2.30 bits per heavy atom. The lowest BCUT2D eigenvalue weighted by Crippen LogP contribution is -2.31. The maximum absolute atomic E-state index is 12.5. The van der Waals surface area contributed by atoms with Crippen LogP contribution in [0.4, 0.5) is 4.79 Å². The highest BCUT2D eigenvalue weighted by Crippen LogP contribution is 2.44. The predicted molar refractivity (Wildman–Crippen MR) is 112 cm³/mol. The summed E-state index contributed by atoms with van der Waals surface area (Å²) in [5.74, 6) is -1.06. The van der Waals surface area contributed by atoms with Crippen molar-refractivity contribution in [3.8, 4) is 11.1 Å². The molecule has 0 fully saturated rings. The molecule has 0 spiro atoms. The predicted octanol–water partition coefficient (Wildman–Crippen LogP) is 4.44. The zero-order valence-electron chi connectivity index (χ0n) is 16.5. The molecule has 30 heavy (non-hydrogen) atoms. The Labute approximate surface area is 174 Å². The highest BCUT2D eigenvalue weighted by Gasteiger charge is 2.29. The summed E-state index contributed by atoms with van der Waals surface area (Å²) < 4.78 is 5.54. The molecule has 1 heterocycles. The van der Waals surface area contributed by atoms with E-state index in [2.05, 4.69) is 22.4 Å². The number of aryl methyl sites for hydroxylation is 1. The molecule has 1 aromatic heterocycles. The largest absolute Gasteiger partial charge is 0.481 e. The molecule has 1 aliphatic rings. The number of carbonyl (C=O) groups is 2. The van der Waals surface area contributed by atoms with Crippen LogP contribution in [0.5, 0.6) is 0 Å². The van der Waals surface area contributed by atoms with Crippen LogP contribution in [-0.2, 0) is 9.53 Å². The number of amides is 1. The number of nitrogens with one attached hydrogen (secondary N) is 1. The van der Waals surface area contributed by atoms with E-state index in [-0.39, 0.29) is 18.9 Å². The molecular weight excluding hydrogens is 380 g/mol. The fourth-order valence-corrected chi connectivity index (χ4v) is 3.99. The quantitative estimate of drug-likeness (QED) is 0.636. The first-order valence-electron chi connectivity index (χ1n) is 9.79. The number of aromatic nitrogens is 1. The number of hydrogen-bond donors (Lipinski definition) is 2. The van der Waals surface area contributed by atoms with Gasteiger partial charge < -0.3 is 15.2 Å². The van der Waals surface area contributed by atoms with Crippen LogP contribution < -0.4 is 5.32 Å². The Kier molecular flexibility index (Phi) is 5.48. The van der Waals surface area contributed by atoms with Crippen LogP contribution in [-0.4, -0.2) is 28.8 Å². The van der Waals surface area contributed by atoms with E-state index in [1.54, 1.807) is 18.3 Å². The minimum absolute atomic E-state index is 0.0516. The third kappa shape index (κ3) is 4.03. The first-order chi connectivity index (χ1) is 14.5. The molecule has 6 nitrogen and oxygen atoms in total. The monoisotopic (exact) mass is 402 g/mol. The van der Waals surface area contributed by atoms with Gasteiger partial charge in [-0.2, -0.15) is 0 Å². The van der Waals surface area contributed by atoms with Crippen molar-refractivity contribution in [1.82, 2.24) is 10.3 Å². The second-order valence-corrected chi connectivity index (χ2v) is 7.35. The number of aliphatic carboxylic acids is 1. The molecule has 1 amide bonds. The number of nitrogens with zero attached hydrogens (tertiary/aromatic N) is 1. The van der Waals surface area contributed by atoms with Gasteiger partial charge in [-0.25, -0.2) is 4.79 Å². The van der Waals surface area contributed by atoms with E-state index in [9.17, 15) is 14.7 Å². The van der Waals surface area contributed by atoms with Crippen molar-refractivity contribution >= 4 is 12.1 Å². The highest BCUT2D eigenvalue weighted by molar-refractivity contribution is 5.79. The molecule has 0 aliphatic heterocycles. The number of carboxylic acids is 1. The average Bonchev–Trinajstić information content (AvgIpc) is 3.05. The molecule has 4 rings (SSSR count). The van der Waals surface area contributed by atoms with Crippen LogP contribution in [0.25, 0.3) is 11.1 Å². The van der Waals surface area contributed by atoms with E-state index >= 15 is 0 Å². The lowest BCUT2D eigenvalue weighted by Gasteiger charge is -2.19. The van der Waals surface area contributed by atoms with E-state index in [4.69, 9.17) is 4.74 Å². The van der Waals surface area contributed by atoms with Crippen molar-refractivity contribution in [3.63, 3.8) is 0 Å². The summed E-state index contributed by atoms with van der Waals surface area (Å²) in [7, 11) is 0. The Balaban J connectivity index is 1.48. The summed E-state index contributed by atoms with van der Waals surface area (Å²) in [6, 6.07) is 19.0. The number of ether oxygens (including phenoxy) is 1. The first-order valence-corrected chi connectivity index (χ1v) is 9.79. The van der Waals surface area contributed by atoms with Gasteiger partial charge in [-0.3, -0.25) is 9.78 Å². The number of hydrogen-bond acceptors (Lipinski definition) is 4. The first kappa shape index (κ1) is 19.6. The number of rotatable bonds is 6. The Morgan fingerprint density at radius 1 is 1.07 bits per heavy atom. The number of benzene rings is 2. The van der Waals surface area contributed by atoms with Crippen molar-refractivity contribution in [2.45, 2.75) is 25.3 Å². The maximum atomic E-state index is 12.5. The van der Waals surface area contributed by atoms with Crippen LogP contribution >= 0.6 is 0 Å². The van der Waals surface area contributed by atoms with Gasteiger partial charge >= 0.3 is 12.1 Å². The molecule has 1 aliphatic carbocycles. The van der Waals surface area contributed by atoms with Crippen molar-refractivity contribution in [2.75, 3.05) is 6.61 Å². The zero-order valence-corrected chi connectivity index (χ0v) is 16.5. The van der Waals surface area contributed by atoms with E-state index in [0.717, 1.165) is 27.9 Å². The lowest BCUT2D eigenvalue weighted by atomic mass is 9.98. The zero-order chi connectivity index (χ0) is 21.1. The topological polar surface area (TPSA) is 88.5 Å². The number of pyridine rings is 1. The molecule has 0 unspecified atom stereocenters. The van der Waals surface area contributed by atoms with Crippen molar-refractivity contribution in [2.24, 2.45) is 0 Å². The van der Waals surface area contributed by atoms with E-state index in [1.165, 1.54) is 0 Å². The summed E-state index contributed by atoms with van der Waals surface area (Å²) in [4.78, 5) is 27.9. The molecule has 0 radical (unpaired) electrons. The van der Waals surface area contributed by atoms with Gasteiger partial charge in [0.25, 0.3) is 0 Å². The van der Waals surface area contributed by atoms with Crippen molar-refractivity contribution in [3.05, 3.63) is 89.2 Å². The van der Waals surface area contributed by atoms with Crippen LogP contribution in [0.15, 0.2) is 66.9 Å². The summed E-state index contributed by atoms with van der Waals surface area (Å²) in [6.07, 6.45) is 0.713. The van der Waals surface area contributed by atoms with Crippen LogP contribution in [0, 0.1) is 6.92 Å². The van der Waals surface area contributed by atoms with E-state index in [1.807, 2.05) is 43.3 Å². The molecule has 152 valence electrons. The number of alkyl carbamates (subject to hydrolysis) is 1. The Morgan fingerprint density at radius 2 is 1.70 bits per heavy atom. The summed E-state index contributed by atoms with van der Waals surface area (Å²) in [5, 5.41) is 11.9. The molecule has 1 atom stereocenters. The van der Waals surface area contributed by atoms with Crippen LogP contribution in [0.3, 0.4) is 0 Å². The average molecular weight is 402 g/mol. The van der Waals surface area contributed by atoms with Crippen LogP contribution in [0.1, 0.15) is 40.8 Å². The minimum Gasteiger partial charge on any atom is -0.481 e. The van der Waals surface area contributed by atoms with E-state index in [0.29, 0.717) is 5.56 Å². The second kappa shape index (κ2) is 8.37. The summed E-state index contributed by atoms with van der Waals surface area (Å²) >= 11 is 0. The second-order valence-electron chi connectivity index (χ2n) is 7.35.